The molecule has 26 heavy (non-hydrogen) atoms. The maximum Gasteiger partial charge on any atom is 0.293 e. The smallest absolute Gasteiger partial charge is 0.293 e. The molecule has 1 aromatic carbocycles. The maximum absolute atomic E-state index is 14.5. The van der Waals surface area contributed by atoms with Crippen molar-refractivity contribution in [2.75, 3.05) is 11.9 Å². The molecule has 2 heterocycles. The Morgan fingerprint density at radius 3 is 2.88 bits per heavy atom. The number of amidine groups is 1. The lowest BCUT2D eigenvalue weighted by Crippen LogP contribution is -2.35. The van der Waals surface area contributed by atoms with Crippen molar-refractivity contribution in [1.82, 2.24) is 9.97 Å². The Balaban J connectivity index is 1.46. The normalized spacial score (nSPS) is 30.4. The number of aliphatic imine (C=N–C) groups is 1. The van der Waals surface area contributed by atoms with Gasteiger partial charge in [-0.25, -0.2) is 19.4 Å². The maximum atomic E-state index is 14.5. The van der Waals surface area contributed by atoms with Crippen LogP contribution in [0.5, 0.6) is 0 Å². The highest BCUT2D eigenvalue weighted by molar-refractivity contribution is 6.30. The van der Waals surface area contributed by atoms with Crippen molar-refractivity contribution in [2.24, 2.45) is 22.1 Å². The van der Waals surface area contributed by atoms with Crippen molar-refractivity contribution in [1.29, 1.82) is 0 Å². The molecule has 9 heteroatoms. The summed E-state index contributed by atoms with van der Waals surface area (Å²) >= 11 is 5.72. The number of carbonyl (C=O) groups excluding carboxylic acids is 1. The van der Waals surface area contributed by atoms with Gasteiger partial charge in [-0.2, -0.15) is 0 Å². The lowest BCUT2D eigenvalue weighted by atomic mass is 9.88. The number of nitrogens with zero attached hydrogens (tertiary/aromatic N) is 3. The van der Waals surface area contributed by atoms with E-state index in [-0.39, 0.29) is 29.0 Å². The van der Waals surface area contributed by atoms with Crippen LogP contribution in [0.1, 0.15) is 22.6 Å². The SMILES string of the molecule is NC1=N[C@@]2(c3cc(NC(=O)c4ncc(Cl)cn4)ccc3F)C3CC32CO1. The molecule has 2 fully saturated rings. The zero-order chi connectivity index (χ0) is 18.1. The quantitative estimate of drug-likeness (QED) is 0.857. The summed E-state index contributed by atoms with van der Waals surface area (Å²) in [6.07, 6.45) is 3.61. The number of halogens is 2. The number of benzene rings is 1. The predicted molar refractivity (Wildman–Crippen MR) is 91.2 cm³/mol. The average molecular weight is 374 g/mol. The van der Waals surface area contributed by atoms with Gasteiger partial charge < -0.3 is 15.8 Å². The van der Waals surface area contributed by atoms with Crippen LogP contribution in [0.3, 0.4) is 0 Å². The monoisotopic (exact) mass is 373 g/mol. The molecule has 1 aliphatic heterocycles. The molecular formula is C17H13ClFN5O2. The minimum Gasteiger partial charge on any atom is -0.465 e. The fourth-order valence-corrected chi connectivity index (χ4v) is 4.13. The number of amides is 1. The van der Waals surface area contributed by atoms with Crippen LogP contribution < -0.4 is 11.1 Å². The van der Waals surface area contributed by atoms with Gasteiger partial charge in [0, 0.05) is 35.0 Å². The van der Waals surface area contributed by atoms with E-state index in [0.29, 0.717) is 22.9 Å². The Kier molecular flexibility index (Phi) is 2.93. The molecule has 1 amide bonds. The minimum atomic E-state index is -0.670. The number of nitrogens with one attached hydrogen (secondary N) is 1. The number of nitrogens with two attached hydrogens (primary N) is 1. The second-order valence-corrected chi connectivity index (χ2v) is 7.23. The highest BCUT2D eigenvalue weighted by Gasteiger charge is 2.92. The molecule has 0 radical (unpaired) electrons. The number of aromatic nitrogens is 2. The van der Waals surface area contributed by atoms with Crippen LogP contribution in [0.15, 0.2) is 35.6 Å². The molecule has 3 atom stereocenters. The number of fused-ring (bicyclic) bond motifs is 1. The summed E-state index contributed by atoms with van der Waals surface area (Å²) in [5.41, 5.74) is 5.75. The summed E-state index contributed by atoms with van der Waals surface area (Å²) in [5.74, 6) is -0.688. The zero-order valence-electron chi connectivity index (χ0n) is 13.4. The van der Waals surface area contributed by atoms with Gasteiger partial charge in [0.25, 0.3) is 11.9 Å². The third-order valence-corrected chi connectivity index (χ3v) is 5.67. The molecule has 3 N–H and O–H groups in total. The second kappa shape index (κ2) is 4.91. The number of hydrogen-bond donors (Lipinski definition) is 2. The summed E-state index contributed by atoms with van der Waals surface area (Å²) < 4.78 is 19.9. The van der Waals surface area contributed by atoms with Crippen LogP contribution >= 0.6 is 11.6 Å². The van der Waals surface area contributed by atoms with Crippen LogP contribution in [0.2, 0.25) is 5.02 Å². The van der Waals surface area contributed by atoms with Gasteiger partial charge in [-0.15, -0.1) is 0 Å². The number of anilines is 1. The first kappa shape index (κ1) is 15.5. The molecule has 0 saturated heterocycles. The zero-order valence-corrected chi connectivity index (χ0v) is 14.1. The van der Waals surface area contributed by atoms with Gasteiger partial charge in [0.1, 0.15) is 18.0 Å². The van der Waals surface area contributed by atoms with Crippen molar-refractivity contribution in [3.63, 3.8) is 0 Å². The summed E-state index contributed by atoms with van der Waals surface area (Å²) in [6.45, 7) is 0.446. The fourth-order valence-electron chi connectivity index (χ4n) is 4.04. The van der Waals surface area contributed by atoms with Crippen LogP contribution in [-0.4, -0.2) is 28.5 Å². The van der Waals surface area contributed by atoms with Crippen LogP contribution in [-0.2, 0) is 10.3 Å². The van der Waals surface area contributed by atoms with Gasteiger partial charge in [-0.3, -0.25) is 4.79 Å². The van der Waals surface area contributed by atoms with E-state index < -0.39 is 11.4 Å². The van der Waals surface area contributed by atoms with E-state index in [2.05, 4.69) is 20.3 Å². The van der Waals surface area contributed by atoms with Crippen molar-refractivity contribution in [2.45, 2.75) is 12.0 Å². The van der Waals surface area contributed by atoms with E-state index in [9.17, 15) is 9.18 Å². The van der Waals surface area contributed by atoms with Crippen LogP contribution in [0.25, 0.3) is 0 Å². The molecule has 132 valence electrons. The molecule has 1 aromatic heterocycles. The van der Waals surface area contributed by atoms with Gasteiger partial charge in [0.15, 0.2) is 0 Å². The average Bonchev–Trinajstić information content (AvgIpc) is 3.48. The van der Waals surface area contributed by atoms with Gasteiger partial charge in [0.2, 0.25) is 5.82 Å². The Bertz CT molecular complexity index is 982. The van der Waals surface area contributed by atoms with Crippen LogP contribution in [0, 0.1) is 17.2 Å². The van der Waals surface area contributed by atoms with E-state index in [1.54, 1.807) is 6.07 Å². The lowest BCUT2D eigenvalue weighted by Gasteiger charge is -2.29. The van der Waals surface area contributed by atoms with Gasteiger partial charge >= 0.3 is 0 Å². The molecule has 2 unspecified atom stereocenters. The first-order valence-corrected chi connectivity index (χ1v) is 8.41. The first-order valence-electron chi connectivity index (χ1n) is 8.03. The molecule has 5 rings (SSSR count). The summed E-state index contributed by atoms with van der Waals surface area (Å²) in [7, 11) is 0. The molecule has 2 aromatic rings. The fraction of sp³-hybridized carbons (Fsp3) is 0.294. The Morgan fingerprint density at radius 1 is 1.38 bits per heavy atom. The Labute approximate surface area is 152 Å². The lowest BCUT2D eigenvalue weighted by molar-refractivity contribution is 0.101. The van der Waals surface area contributed by atoms with Crippen molar-refractivity contribution in [3.8, 4) is 0 Å². The van der Waals surface area contributed by atoms with E-state index in [1.165, 1.54) is 24.5 Å². The summed E-state index contributed by atoms with van der Waals surface area (Å²) in [4.78, 5) is 24.4. The molecule has 2 saturated carbocycles. The van der Waals surface area contributed by atoms with E-state index in [4.69, 9.17) is 22.1 Å². The molecule has 2 aliphatic carbocycles. The first-order chi connectivity index (χ1) is 12.5. The number of ether oxygens (including phenoxy) is 1. The minimum absolute atomic E-state index is 0.0301. The topological polar surface area (TPSA) is 102 Å². The molecule has 7 nitrogen and oxygen atoms in total. The molecule has 0 bridgehead atoms. The van der Waals surface area contributed by atoms with Gasteiger partial charge in [-0.05, 0) is 24.6 Å². The van der Waals surface area contributed by atoms with Crippen molar-refractivity contribution in [3.05, 3.63) is 52.8 Å². The molecule has 3 aliphatic rings. The van der Waals surface area contributed by atoms with E-state index in [1.807, 2.05) is 0 Å². The second-order valence-electron chi connectivity index (χ2n) is 6.79. The Hall–Kier alpha value is -2.74. The molecule has 1 spiro atoms. The number of hydrogen-bond acceptors (Lipinski definition) is 6. The van der Waals surface area contributed by atoms with Crippen LogP contribution in [0.4, 0.5) is 10.1 Å². The van der Waals surface area contributed by atoms with Gasteiger partial charge in [-0.1, -0.05) is 11.6 Å². The highest BCUT2D eigenvalue weighted by atomic mass is 35.5. The van der Waals surface area contributed by atoms with Gasteiger partial charge in [0.05, 0.1) is 5.02 Å². The highest BCUT2D eigenvalue weighted by Crippen LogP contribution is 2.89. The standard InChI is InChI=1S/C17H13ClFN5O2/c18-8-5-21-13(22-6-8)14(25)23-9-1-2-11(19)10(3-9)17-12-4-16(12,17)7-26-15(20)24-17/h1-3,5-6,12H,4,7H2,(H2,20,24)(H,23,25)/t12?,16?,17-/m0/s1. The van der Waals surface area contributed by atoms with E-state index >= 15 is 0 Å². The Morgan fingerprint density at radius 2 is 2.15 bits per heavy atom. The third-order valence-electron chi connectivity index (χ3n) is 5.48. The summed E-state index contributed by atoms with van der Waals surface area (Å²) in [5, 5.41) is 3.01. The summed E-state index contributed by atoms with van der Waals surface area (Å²) in [6, 6.07) is 4.47. The third kappa shape index (κ3) is 1.93. The molecular weight excluding hydrogens is 361 g/mol. The van der Waals surface area contributed by atoms with Crippen molar-refractivity contribution >= 4 is 29.2 Å². The number of rotatable bonds is 3. The predicted octanol–water partition coefficient (Wildman–Crippen LogP) is 2.08. The largest absolute Gasteiger partial charge is 0.465 e. The number of carbonyl (C=O) groups is 1. The van der Waals surface area contributed by atoms with Crippen molar-refractivity contribution < 1.29 is 13.9 Å². The van der Waals surface area contributed by atoms with E-state index in [0.717, 1.165) is 6.42 Å².